The highest BCUT2D eigenvalue weighted by molar-refractivity contribution is 7.93. The van der Waals surface area contributed by atoms with Gasteiger partial charge in [-0.25, -0.2) is 16.8 Å². The van der Waals surface area contributed by atoms with Gasteiger partial charge in [0.1, 0.15) is 0 Å². The lowest BCUT2D eigenvalue weighted by Gasteiger charge is -2.15. The molecule has 0 bridgehead atoms. The minimum absolute atomic E-state index is 0.0217. The van der Waals surface area contributed by atoms with Gasteiger partial charge in [0.2, 0.25) is 0 Å². The standard InChI is InChI=1S/C20H14Cl2F3NO4S2/c21-14-6-9-19(31(27,28)12-13-4-2-1-3-5-13)18(10-14)26-32(29,30)15-7-8-17(22)16(11-15)20(23,24)25/h1-11,26H,12H2. The molecule has 12 heteroatoms. The summed E-state index contributed by atoms with van der Waals surface area (Å²) in [4.78, 5) is -1.13. The summed E-state index contributed by atoms with van der Waals surface area (Å²) in [6.07, 6.45) is -4.89. The number of anilines is 1. The van der Waals surface area contributed by atoms with Crippen molar-refractivity contribution >= 4 is 48.7 Å². The Morgan fingerprint density at radius 2 is 1.50 bits per heavy atom. The van der Waals surface area contributed by atoms with Gasteiger partial charge in [0.15, 0.2) is 9.84 Å². The van der Waals surface area contributed by atoms with Gasteiger partial charge in [-0.2, -0.15) is 13.2 Å². The van der Waals surface area contributed by atoms with Crippen LogP contribution in [0.2, 0.25) is 10.0 Å². The second-order valence-corrected chi connectivity index (χ2v) is 11.1. The lowest BCUT2D eigenvalue weighted by Crippen LogP contribution is -2.17. The van der Waals surface area contributed by atoms with Crippen molar-refractivity contribution in [2.45, 2.75) is 21.7 Å². The van der Waals surface area contributed by atoms with Crippen LogP contribution in [0.15, 0.2) is 76.5 Å². The van der Waals surface area contributed by atoms with Crippen LogP contribution < -0.4 is 4.72 Å². The Morgan fingerprint density at radius 3 is 2.12 bits per heavy atom. The third kappa shape index (κ3) is 5.55. The first kappa shape index (κ1) is 24.4. The summed E-state index contributed by atoms with van der Waals surface area (Å²) >= 11 is 11.5. The Labute approximate surface area is 192 Å². The molecule has 32 heavy (non-hydrogen) atoms. The maximum absolute atomic E-state index is 13.1. The van der Waals surface area contributed by atoms with E-state index in [0.29, 0.717) is 11.6 Å². The topological polar surface area (TPSA) is 80.3 Å². The lowest BCUT2D eigenvalue weighted by atomic mass is 10.2. The summed E-state index contributed by atoms with van der Waals surface area (Å²) in [6.45, 7) is 0. The minimum Gasteiger partial charge on any atom is -0.278 e. The SMILES string of the molecule is O=S(=O)(Cc1ccccc1)c1ccc(Cl)cc1NS(=O)(=O)c1ccc(Cl)c(C(F)(F)F)c1. The van der Waals surface area contributed by atoms with E-state index in [4.69, 9.17) is 23.2 Å². The van der Waals surface area contributed by atoms with Crippen molar-refractivity contribution in [1.29, 1.82) is 0 Å². The number of nitrogens with one attached hydrogen (secondary N) is 1. The van der Waals surface area contributed by atoms with Gasteiger partial charge >= 0.3 is 6.18 Å². The third-order valence-electron chi connectivity index (χ3n) is 4.27. The summed E-state index contributed by atoms with van der Waals surface area (Å²) < 4.78 is 92.9. The molecule has 170 valence electrons. The number of alkyl halides is 3. The minimum atomic E-state index is -4.89. The van der Waals surface area contributed by atoms with Crippen molar-refractivity contribution in [3.63, 3.8) is 0 Å². The van der Waals surface area contributed by atoms with Crippen molar-refractivity contribution in [2.24, 2.45) is 0 Å². The van der Waals surface area contributed by atoms with E-state index < -0.39 is 53.0 Å². The number of benzene rings is 3. The zero-order chi connectivity index (χ0) is 23.7. The molecular weight excluding hydrogens is 510 g/mol. The number of sulfone groups is 1. The molecule has 0 aliphatic heterocycles. The molecule has 0 saturated heterocycles. The molecule has 0 heterocycles. The molecule has 1 N–H and O–H groups in total. The van der Waals surface area contributed by atoms with Crippen molar-refractivity contribution < 1.29 is 30.0 Å². The molecule has 5 nitrogen and oxygen atoms in total. The smallest absolute Gasteiger partial charge is 0.278 e. The lowest BCUT2D eigenvalue weighted by molar-refractivity contribution is -0.137. The molecule has 0 aliphatic rings. The van der Waals surface area contributed by atoms with E-state index in [-0.39, 0.29) is 9.92 Å². The molecule has 0 aliphatic carbocycles. The summed E-state index contributed by atoms with van der Waals surface area (Å²) in [7, 11) is -8.66. The molecule has 0 spiro atoms. The highest BCUT2D eigenvalue weighted by Crippen LogP contribution is 2.37. The second kappa shape index (κ2) is 8.93. The van der Waals surface area contributed by atoms with E-state index in [9.17, 15) is 30.0 Å². The molecule has 0 radical (unpaired) electrons. The Balaban J connectivity index is 2.04. The molecule has 3 aromatic carbocycles. The van der Waals surface area contributed by atoms with E-state index in [1.165, 1.54) is 6.07 Å². The summed E-state index contributed by atoms with van der Waals surface area (Å²) in [5, 5.41) is -0.654. The quantitative estimate of drug-likeness (QED) is 0.443. The normalized spacial score (nSPS) is 12.5. The van der Waals surface area contributed by atoms with Gasteiger partial charge in [-0.05, 0) is 42.0 Å². The van der Waals surface area contributed by atoms with Crippen LogP contribution in [-0.4, -0.2) is 16.8 Å². The number of sulfonamides is 1. The van der Waals surface area contributed by atoms with Crippen LogP contribution in [0, 0.1) is 0 Å². The third-order valence-corrected chi connectivity index (χ3v) is 7.94. The first-order chi connectivity index (χ1) is 14.8. The van der Waals surface area contributed by atoms with Gasteiger partial charge in [0.05, 0.1) is 31.8 Å². The largest absolute Gasteiger partial charge is 0.417 e. The molecule has 0 aromatic heterocycles. The van der Waals surface area contributed by atoms with Gasteiger partial charge in [-0.15, -0.1) is 0 Å². The van der Waals surface area contributed by atoms with Crippen LogP contribution in [0.1, 0.15) is 11.1 Å². The van der Waals surface area contributed by atoms with Crippen molar-refractivity contribution in [3.05, 3.63) is 87.9 Å². The van der Waals surface area contributed by atoms with E-state index in [1.807, 2.05) is 4.72 Å². The maximum Gasteiger partial charge on any atom is 0.417 e. The Kier molecular flexibility index (Phi) is 6.80. The Bertz CT molecular complexity index is 1360. The molecule has 0 atom stereocenters. The fraction of sp³-hybridized carbons (Fsp3) is 0.100. The first-order valence-corrected chi connectivity index (χ1v) is 12.6. The number of halogens is 5. The first-order valence-electron chi connectivity index (χ1n) is 8.75. The molecule has 0 unspecified atom stereocenters. The number of hydrogen-bond donors (Lipinski definition) is 1. The number of hydrogen-bond acceptors (Lipinski definition) is 4. The fourth-order valence-corrected chi connectivity index (χ4v) is 5.88. The highest BCUT2D eigenvalue weighted by atomic mass is 35.5. The fourth-order valence-electron chi connectivity index (χ4n) is 2.82. The van der Waals surface area contributed by atoms with E-state index in [2.05, 4.69) is 0 Å². The van der Waals surface area contributed by atoms with Crippen LogP contribution in [0.5, 0.6) is 0 Å². The summed E-state index contributed by atoms with van der Waals surface area (Å²) in [6, 6.07) is 13.7. The average Bonchev–Trinajstić information content (AvgIpc) is 2.67. The summed E-state index contributed by atoms with van der Waals surface area (Å²) in [5.74, 6) is -0.427. The van der Waals surface area contributed by atoms with Crippen LogP contribution in [0.3, 0.4) is 0 Å². The van der Waals surface area contributed by atoms with Gasteiger partial charge in [-0.3, -0.25) is 4.72 Å². The van der Waals surface area contributed by atoms with Crippen LogP contribution in [0.25, 0.3) is 0 Å². The number of rotatable bonds is 6. The zero-order valence-electron chi connectivity index (χ0n) is 15.9. The predicted octanol–water partition coefficient (Wildman–Crippen LogP) is 5.79. The molecule has 0 fully saturated rings. The van der Waals surface area contributed by atoms with E-state index in [1.54, 1.807) is 30.3 Å². The van der Waals surface area contributed by atoms with Crippen LogP contribution in [-0.2, 0) is 31.8 Å². The molecular formula is C20H14Cl2F3NO4S2. The highest BCUT2D eigenvalue weighted by Gasteiger charge is 2.35. The molecule has 0 amide bonds. The van der Waals surface area contributed by atoms with Crippen LogP contribution in [0.4, 0.5) is 18.9 Å². The van der Waals surface area contributed by atoms with Crippen molar-refractivity contribution in [2.75, 3.05) is 4.72 Å². The van der Waals surface area contributed by atoms with E-state index >= 15 is 0 Å². The van der Waals surface area contributed by atoms with Gasteiger partial charge < -0.3 is 0 Å². The van der Waals surface area contributed by atoms with E-state index in [0.717, 1.165) is 24.3 Å². The summed E-state index contributed by atoms with van der Waals surface area (Å²) in [5.41, 5.74) is -1.27. The van der Waals surface area contributed by atoms with Crippen LogP contribution >= 0.6 is 23.2 Å². The monoisotopic (exact) mass is 523 g/mol. The van der Waals surface area contributed by atoms with Gasteiger partial charge in [0.25, 0.3) is 10.0 Å². The maximum atomic E-state index is 13.1. The van der Waals surface area contributed by atoms with Crippen molar-refractivity contribution in [1.82, 2.24) is 0 Å². The predicted molar refractivity (Wildman–Crippen MR) is 116 cm³/mol. The average molecular weight is 524 g/mol. The zero-order valence-corrected chi connectivity index (χ0v) is 19.0. The van der Waals surface area contributed by atoms with Gasteiger partial charge in [-0.1, -0.05) is 53.5 Å². The van der Waals surface area contributed by atoms with Crippen molar-refractivity contribution in [3.8, 4) is 0 Å². The Morgan fingerprint density at radius 1 is 0.844 bits per heavy atom. The Hall–Kier alpha value is -2.27. The molecule has 3 aromatic rings. The molecule has 3 rings (SSSR count). The molecule has 0 saturated carbocycles. The second-order valence-electron chi connectivity index (χ2n) is 6.63. The van der Waals surface area contributed by atoms with Gasteiger partial charge in [0, 0.05) is 5.02 Å².